The zero-order valence-electron chi connectivity index (χ0n) is 14.9. The van der Waals surface area contributed by atoms with Crippen LogP contribution in [0.2, 0.25) is 5.02 Å². The van der Waals surface area contributed by atoms with Crippen molar-refractivity contribution in [3.8, 4) is 0 Å². The summed E-state index contributed by atoms with van der Waals surface area (Å²) in [4.78, 5) is 14.5. The Morgan fingerprint density at radius 1 is 1.22 bits per heavy atom. The van der Waals surface area contributed by atoms with Gasteiger partial charge in [0.2, 0.25) is 5.91 Å². The van der Waals surface area contributed by atoms with Crippen molar-refractivity contribution in [2.24, 2.45) is 17.1 Å². The van der Waals surface area contributed by atoms with Gasteiger partial charge < -0.3 is 10.6 Å². The van der Waals surface area contributed by atoms with Crippen molar-refractivity contribution in [2.75, 3.05) is 13.1 Å². The van der Waals surface area contributed by atoms with Gasteiger partial charge in [0.15, 0.2) is 0 Å². The zero-order chi connectivity index (χ0) is 17.4. The Hall–Kier alpha value is -1.06. The second-order valence-corrected chi connectivity index (χ2v) is 8.44. The fraction of sp³-hybridized carbons (Fsp3) is 0.632. The Morgan fingerprint density at radius 2 is 1.78 bits per heavy atom. The van der Waals surface area contributed by atoms with Gasteiger partial charge in [0, 0.05) is 23.5 Å². The Labute approximate surface area is 145 Å². The Balaban J connectivity index is 2.23. The maximum Gasteiger partial charge on any atom is 0.239 e. The molecule has 1 heterocycles. The molecule has 2 N–H and O–H groups in total. The molecule has 1 amide bonds. The second-order valence-electron chi connectivity index (χ2n) is 8.00. The van der Waals surface area contributed by atoms with Crippen LogP contribution in [0.3, 0.4) is 0 Å². The molecule has 1 aromatic rings. The van der Waals surface area contributed by atoms with Crippen molar-refractivity contribution in [3.63, 3.8) is 0 Å². The number of hydrogen-bond acceptors (Lipinski definition) is 2. The molecule has 0 radical (unpaired) electrons. The van der Waals surface area contributed by atoms with Gasteiger partial charge in [-0.05, 0) is 35.4 Å². The molecular formula is C19H29ClN2O. The van der Waals surface area contributed by atoms with Crippen LogP contribution in [0, 0.1) is 11.3 Å². The van der Waals surface area contributed by atoms with Crippen LogP contribution >= 0.6 is 11.6 Å². The van der Waals surface area contributed by atoms with E-state index >= 15 is 0 Å². The summed E-state index contributed by atoms with van der Waals surface area (Å²) in [5.74, 6) is 0.237. The van der Waals surface area contributed by atoms with Crippen LogP contribution < -0.4 is 5.73 Å². The predicted molar refractivity (Wildman–Crippen MR) is 96.6 cm³/mol. The van der Waals surface area contributed by atoms with Crippen LogP contribution in [-0.4, -0.2) is 29.9 Å². The van der Waals surface area contributed by atoms with Crippen molar-refractivity contribution < 1.29 is 4.79 Å². The molecule has 0 saturated carbocycles. The lowest BCUT2D eigenvalue weighted by Gasteiger charge is -2.52. The van der Waals surface area contributed by atoms with Crippen LogP contribution in [0.25, 0.3) is 0 Å². The third kappa shape index (κ3) is 3.41. The van der Waals surface area contributed by atoms with Gasteiger partial charge in [-0.2, -0.15) is 0 Å². The van der Waals surface area contributed by atoms with Crippen molar-refractivity contribution >= 4 is 17.5 Å². The van der Waals surface area contributed by atoms with E-state index in [1.54, 1.807) is 0 Å². The van der Waals surface area contributed by atoms with E-state index in [1.165, 1.54) is 5.56 Å². The molecule has 1 aromatic carbocycles. The lowest BCUT2D eigenvalue weighted by molar-refractivity contribution is -0.138. The van der Waals surface area contributed by atoms with E-state index < -0.39 is 6.04 Å². The number of likely N-dealkylation sites (tertiary alicyclic amines) is 1. The largest absolute Gasteiger partial charge is 0.341 e. The summed E-state index contributed by atoms with van der Waals surface area (Å²) in [6.07, 6.45) is 0.929. The van der Waals surface area contributed by atoms with E-state index in [0.717, 1.165) is 24.5 Å². The number of benzene rings is 1. The average molecular weight is 337 g/mol. The molecule has 2 rings (SSSR count). The first-order valence-electron chi connectivity index (χ1n) is 8.39. The summed E-state index contributed by atoms with van der Waals surface area (Å²) in [6, 6.07) is 7.71. The van der Waals surface area contributed by atoms with E-state index in [0.29, 0.717) is 0 Å². The SMILES string of the molecule is CC(C)[C@@H](N)C(=O)N1CC[C@](C)(c2ccc(Cl)cc2)C(C)(C)C1. The monoisotopic (exact) mass is 336 g/mol. The number of piperidine rings is 1. The minimum Gasteiger partial charge on any atom is -0.341 e. The number of carbonyl (C=O) groups excluding carboxylic acids is 1. The normalized spacial score (nSPS) is 25.5. The fourth-order valence-electron chi connectivity index (χ4n) is 3.46. The lowest BCUT2D eigenvalue weighted by Crippen LogP contribution is -2.58. The van der Waals surface area contributed by atoms with Gasteiger partial charge in [-0.15, -0.1) is 0 Å². The van der Waals surface area contributed by atoms with Crippen molar-refractivity contribution in [1.29, 1.82) is 0 Å². The molecule has 3 nitrogen and oxygen atoms in total. The van der Waals surface area contributed by atoms with Gasteiger partial charge in [-0.3, -0.25) is 4.79 Å². The molecule has 0 aliphatic carbocycles. The molecule has 1 aliphatic rings. The van der Waals surface area contributed by atoms with Crippen LogP contribution in [0.15, 0.2) is 24.3 Å². The summed E-state index contributed by atoms with van der Waals surface area (Å²) in [7, 11) is 0. The molecule has 2 atom stereocenters. The highest BCUT2D eigenvalue weighted by atomic mass is 35.5. The number of nitrogens with two attached hydrogens (primary N) is 1. The van der Waals surface area contributed by atoms with Crippen molar-refractivity contribution in [2.45, 2.75) is 52.5 Å². The maximum absolute atomic E-state index is 12.6. The summed E-state index contributed by atoms with van der Waals surface area (Å²) in [6.45, 7) is 12.2. The third-order valence-corrected chi connectivity index (χ3v) is 6.01. The molecule has 1 saturated heterocycles. The molecule has 1 fully saturated rings. The highest BCUT2D eigenvalue weighted by Crippen LogP contribution is 2.48. The summed E-state index contributed by atoms with van der Waals surface area (Å²) in [5.41, 5.74) is 7.33. The predicted octanol–water partition coefficient (Wildman–Crippen LogP) is 3.84. The first-order valence-corrected chi connectivity index (χ1v) is 8.77. The lowest BCUT2D eigenvalue weighted by atomic mass is 9.59. The standard InChI is InChI=1S/C19H29ClN2O/c1-13(2)16(21)17(23)22-11-10-19(5,18(3,4)12-22)14-6-8-15(20)9-7-14/h6-9,13,16H,10-12,21H2,1-5H3/t16-,19-/m1/s1. The van der Waals surface area contributed by atoms with Crippen LogP contribution in [0.4, 0.5) is 0 Å². The van der Waals surface area contributed by atoms with Gasteiger partial charge in [0.05, 0.1) is 6.04 Å². The zero-order valence-corrected chi connectivity index (χ0v) is 15.7. The molecule has 0 aromatic heterocycles. The summed E-state index contributed by atoms with van der Waals surface area (Å²) < 4.78 is 0. The minimum atomic E-state index is -0.411. The van der Waals surface area contributed by atoms with Gasteiger partial charge in [0.1, 0.15) is 0 Å². The third-order valence-electron chi connectivity index (χ3n) is 5.76. The van der Waals surface area contributed by atoms with Gasteiger partial charge in [-0.1, -0.05) is 58.4 Å². The number of amides is 1. The first kappa shape index (κ1) is 18.3. The number of hydrogen-bond donors (Lipinski definition) is 1. The Bertz CT molecular complexity index is 567. The van der Waals surface area contributed by atoms with E-state index in [-0.39, 0.29) is 22.7 Å². The van der Waals surface area contributed by atoms with Gasteiger partial charge in [-0.25, -0.2) is 0 Å². The average Bonchev–Trinajstić information content (AvgIpc) is 2.49. The minimum absolute atomic E-state index is 0.0102. The van der Waals surface area contributed by atoms with E-state index in [1.807, 2.05) is 30.9 Å². The second kappa shape index (κ2) is 6.45. The molecule has 1 aliphatic heterocycles. The molecule has 128 valence electrons. The highest BCUT2D eigenvalue weighted by molar-refractivity contribution is 6.30. The fourth-order valence-corrected chi connectivity index (χ4v) is 3.59. The Morgan fingerprint density at radius 3 is 2.26 bits per heavy atom. The topological polar surface area (TPSA) is 46.3 Å². The van der Waals surface area contributed by atoms with Gasteiger partial charge >= 0.3 is 0 Å². The highest BCUT2D eigenvalue weighted by Gasteiger charge is 2.47. The van der Waals surface area contributed by atoms with E-state index in [4.69, 9.17) is 17.3 Å². The Kier molecular flexibility index (Phi) is 5.12. The van der Waals surface area contributed by atoms with E-state index in [9.17, 15) is 4.79 Å². The molecule has 4 heteroatoms. The number of rotatable bonds is 3. The van der Waals surface area contributed by atoms with Crippen LogP contribution in [-0.2, 0) is 10.2 Å². The quantitative estimate of drug-likeness (QED) is 0.911. The first-order chi connectivity index (χ1) is 10.6. The molecule has 0 spiro atoms. The molecule has 0 unspecified atom stereocenters. The van der Waals surface area contributed by atoms with Gasteiger partial charge in [0.25, 0.3) is 0 Å². The summed E-state index contributed by atoms with van der Waals surface area (Å²) in [5, 5.41) is 0.755. The number of nitrogens with zero attached hydrogens (tertiary/aromatic N) is 1. The van der Waals surface area contributed by atoms with Crippen molar-refractivity contribution in [3.05, 3.63) is 34.9 Å². The smallest absolute Gasteiger partial charge is 0.239 e. The molecule has 0 bridgehead atoms. The molecule has 23 heavy (non-hydrogen) atoms. The number of carbonyl (C=O) groups is 1. The molecular weight excluding hydrogens is 308 g/mol. The summed E-state index contributed by atoms with van der Waals surface area (Å²) >= 11 is 6.03. The van der Waals surface area contributed by atoms with Crippen LogP contribution in [0.1, 0.15) is 46.6 Å². The number of halogens is 1. The maximum atomic E-state index is 12.6. The van der Waals surface area contributed by atoms with Crippen LogP contribution in [0.5, 0.6) is 0 Å². The van der Waals surface area contributed by atoms with Crippen molar-refractivity contribution in [1.82, 2.24) is 4.90 Å². The van der Waals surface area contributed by atoms with E-state index in [2.05, 4.69) is 32.9 Å².